The maximum atomic E-state index is 12.7. The zero-order valence-corrected chi connectivity index (χ0v) is 10.0. The molecular weight excluding hydrogens is 257 g/mol. The number of anilines is 1. The van der Waals surface area contributed by atoms with Gasteiger partial charge in [-0.15, -0.1) is 0 Å². The van der Waals surface area contributed by atoms with Gasteiger partial charge in [-0.1, -0.05) is 0 Å². The number of rotatable bonds is 3. The van der Waals surface area contributed by atoms with Crippen molar-refractivity contribution in [3.8, 4) is 6.07 Å². The van der Waals surface area contributed by atoms with Crippen LogP contribution in [0.4, 0.5) is 18.9 Å². The third-order valence-corrected chi connectivity index (χ3v) is 3.25. The number of nitrogens with one attached hydrogen (secondary N) is 1. The minimum Gasteiger partial charge on any atom is -0.393 e. The summed E-state index contributed by atoms with van der Waals surface area (Å²) >= 11 is 0. The van der Waals surface area contributed by atoms with E-state index in [0.29, 0.717) is 31.0 Å². The molecule has 1 fully saturated rings. The van der Waals surface area contributed by atoms with Gasteiger partial charge >= 0.3 is 6.18 Å². The summed E-state index contributed by atoms with van der Waals surface area (Å²) < 4.78 is 38.2. The zero-order chi connectivity index (χ0) is 14.0. The summed E-state index contributed by atoms with van der Waals surface area (Å²) in [6.07, 6.45) is -3.46. The summed E-state index contributed by atoms with van der Waals surface area (Å²) in [5.41, 5.74) is -0.960. The normalized spacial score (nSPS) is 22.5. The van der Waals surface area contributed by atoms with Crippen molar-refractivity contribution >= 4 is 5.69 Å². The maximum Gasteiger partial charge on any atom is 0.417 e. The number of hydrogen-bond acceptors (Lipinski definition) is 3. The fourth-order valence-electron chi connectivity index (χ4n) is 2.12. The van der Waals surface area contributed by atoms with Crippen LogP contribution >= 0.6 is 0 Å². The third kappa shape index (κ3) is 3.18. The Morgan fingerprint density at radius 3 is 2.58 bits per heavy atom. The van der Waals surface area contributed by atoms with Gasteiger partial charge in [0.05, 0.1) is 23.3 Å². The molecule has 6 heteroatoms. The monoisotopic (exact) mass is 270 g/mol. The molecule has 0 aromatic heterocycles. The summed E-state index contributed by atoms with van der Waals surface area (Å²) in [5.74, 6) is 0.292. The maximum absolute atomic E-state index is 12.7. The van der Waals surface area contributed by atoms with Gasteiger partial charge in [-0.3, -0.25) is 0 Å². The first-order chi connectivity index (χ1) is 8.90. The SMILES string of the molecule is N#Cc1ccc(NCC2CC(O)C2)cc1C(F)(F)F. The van der Waals surface area contributed by atoms with Crippen LogP contribution in [0.3, 0.4) is 0 Å². The van der Waals surface area contributed by atoms with Crippen molar-refractivity contribution in [2.45, 2.75) is 25.1 Å². The molecule has 1 aromatic carbocycles. The second-order valence-corrected chi connectivity index (χ2v) is 4.74. The number of hydrogen-bond donors (Lipinski definition) is 2. The highest BCUT2D eigenvalue weighted by Crippen LogP contribution is 2.34. The number of benzene rings is 1. The molecule has 0 atom stereocenters. The third-order valence-electron chi connectivity index (χ3n) is 3.25. The number of alkyl halides is 3. The molecule has 0 spiro atoms. The summed E-state index contributed by atoms with van der Waals surface area (Å²) in [6, 6.07) is 5.12. The first-order valence-corrected chi connectivity index (χ1v) is 5.93. The van der Waals surface area contributed by atoms with E-state index in [0.717, 1.165) is 6.07 Å². The predicted octanol–water partition coefficient (Wildman–Crippen LogP) is 2.76. The van der Waals surface area contributed by atoms with Crippen molar-refractivity contribution in [2.75, 3.05) is 11.9 Å². The van der Waals surface area contributed by atoms with Crippen LogP contribution in [0.15, 0.2) is 18.2 Å². The van der Waals surface area contributed by atoms with Crippen LogP contribution in [-0.2, 0) is 6.18 Å². The lowest BCUT2D eigenvalue weighted by Gasteiger charge is -2.31. The van der Waals surface area contributed by atoms with E-state index in [2.05, 4.69) is 5.32 Å². The number of nitriles is 1. The molecule has 0 bridgehead atoms. The molecule has 3 nitrogen and oxygen atoms in total. The first kappa shape index (κ1) is 13.7. The van der Waals surface area contributed by atoms with Crippen LogP contribution in [0.5, 0.6) is 0 Å². The number of nitrogens with zero attached hydrogens (tertiary/aromatic N) is 1. The standard InChI is InChI=1S/C13H13F3N2O/c14-13(15,16)12-5-10(2-1-9(12)6-17)18-7-8-3-11(19)4-8/h1-2,5,8,11,18-19H,3-4,7H2. The lowest BCUT2D eigenvalue weighted by molar-refractivity contribution is -0.137. The van der Waals surface area contributed by atoms with Crippen LogP contribution in [0.1, 0.15) is 24.0 Å². The van der Waals surface area contributed by atoms with E-state index >= 15 is 0 Å². The van der Waals surface area contributed by atoms with E-state index < -0.39 is 11.7 Å². The Labute approximate surface area is 108 Å². The van der Waals surface area contributed by atoms with Gasteiger partial charge in [-0.25, -0.2) is 0 Å². The predicted molar refractivity (Wildman–Crippen MR) is 63.4 cm³/mol. The van der Waals surface area contributed by atoms with Crippen LogP contribution in [0.25, 0.3) is 0 Å². The van der Waals surface area contributed by atoms with E-state index in [9.17, 15) is 13.2 Å². The van der Waals surface area contributed by atoms with Crippen molar-refractivity contribution in [1.29, 1.82) is 5.26 Å². The lowest BCUT2D eigenvalue weighted by atomic mass is 9.82. The highest BCUT2D eigenvalue weighted by molar-refractivity contribution is 5.53. The Hall–Kier alpha value is -1.74. The zero-order valence-electron chi connectivity index (χ0n) is 10.0. The summed E-state index contributed by atoms with van der Waals surface area (Å²) in [4.78, 5) is 0. The highest BCUT2D eigenvalue weighted by atomic mass is 19.4. The molecule has 1 saturated carbocycles. The van der Waals surface area contributed by atoms with Crippen LogP contribution in [0.2, 0.25) is 0 Å². The summed E-state index contributed by atoms with van der Waals surface area (Å²) in [6.45, 7) is 0.528. The molecule has 1 aliphatic carbocycles. The van der Waals surface area contributed by atoms with E-state index in [1.165, 1.54) is 12.1 Å². The topological polar surface area (TPSA) is 56.0 Å². The molecule has 0 aliphatic heterocycles. The molecule has 0 saturated heterocycles. The van der Waals surface area contributed by atoms with Crippen LogP contribution in [-0.4, -0.2) is 17.8 Å². The molecule has 1 aliphatic rings. The number of halogens is 3. The molecule has 0 amide bonds. The second kappa shape index (κ2) is 5.10. The number of aliphatic hydroxyl groups excluding tert-OH is 1. The van der Waals surface area contributed by atoms with E-state index in [1.807, 2.05) is 0 Å². The van der Waals surface area contributed by atoms with Gasteiger partial charge in [0, 0.05) is 12.2 Å². The van der Waals surface area contributed by atoms with Crippen molar-refractivity contribution in [2.24, 2.45) is 5.92 Å². The molecule has 2 rings (SSSR count). The average Bonchev–Trinajstić information content (AvgIpc) is 2.32. The van der Waals surface area contributed by atoms with Gasteiger partial charge in [0.2, 0.25) is 0 Å². The largest absolute Gasteiger partial charge is 0.417 e. The van der Waals surface area contributed by atoms with Gasteiger partial charge in [-0.05, 0) is 37.0 Å². The number of aliphatic hydroxyl groups is 1. The Balaban J connectivity index is 2.08. The minimum atomic E-state index is -4.53. The second-order valence-electron chi connectivity index (χ2n) is 4.74. The molecule has 102 valence electrons. The highest BCUT2D eigenvalue weighted by Gasteiger charge is 2.34. The fraction of sp³-hybridized carbons (Fsp3) is 0.462. The van der Waals surface area contributed by atoms with Gasteiger partial charge in [-0.2, -0.15) is 18.4 Å². The quantitative estimate of drug-likeness (QED) is 0.888. The van der Waals surface area contributed by atoms with Crippen molar-refractivity contribution in [1.82, 2.24) is 0 Å². The lowest BCUT2D eigenvalue weighted by Crippen LogP contribution is -2.33. The smallest absolute Gasteiger partial charge is 0.393 e. The van der Waals surface area contributed by atoms with Crippen molar-refractivity contribution in [3.05, 3.63) is 29.3 Å². The molecule has 0 heterocycles. The first-order valence-electron chi connectivity index (χ1n) is 5.93. The Kier molecular flexibility index (Phi) is 3.67. The van der Waals surface area contributed by atoms with Gasteiger partial charge in [0.25, 0.3) is 0 Å². The Morgan fingerprint density at radius 2 is 2.05 bits per heavy atom. The van der Waals surface area contributed by atoms with Gasteiger partial charge < -0.3 is 10.4 Å². The molecule has 0 radical (unpaired) electrons. The molecule has 0 unspecified atom stereocenters. The molecule has 1 aromatic rings. The van der Waals surface area contributed by atoms with Gasteiger partial charge in [0.1, 0.15) is 0 Å². The molecule has 19 heavy (non-hydrogen) atoms. The van der Waals surface area contributed by atoms with Crippen LogP contribution < -0.4 is 5.32 Å². The van der Waals surface area contributed by atoms with Crippen LogP contribution in [0, 0.1) is 17.2 Å². The molecule has 2 N–H and O–H groups in total. The summed E-state index contributed by atoms with van der Waals surface area (Å²) in [5, 5.41) is 20.7. The Bertz CT molecular complexity index is 502. The van der Waals surface area contributed by atoms with Gasteiger partial charge in [0.15, 0.2) is 0 Å². The van der Waals surface area contributed by atoms with Crippen molar-refractivity contribution < 1.29 is 18.3 Å². The van der Waals surface area contributed by atoms with E-state index in [4.69, 9.17) is 10.4 Å². The van der Waals surface area contributed by atoms with E-state index in [1.54, 1.807) is 6.07 Å². The average molecular weight is 270 g/mol. The fourth-order valence-corrected chi connectivity index (χ4v) is 2.12. The Morgan fingerprint density at radius 1 is 1.37 bits per heavy atom. The molecular formula is C13H13F3N2O. The van der Waals surface area contributed by atoms with E-state index in [-0.39, 0.29) is 11.7 Å². The summed E-state index contributed by atoms with van der Waals surface area (Å²) in [7, 11) is 0. The van der Waals surface area contributed by atoms with Crippen molar-refractivity contribution in [3.63, 3.8) is 0 Å². The minimum absolute atomic E-state index is 0.279.